The molecule has 0 amide bonds. The Hall–Kier alpha value is -4.19. The van der Waals surface area contributed by atoms with Crippen molar-refractivity contribution in [2.24, 2.45) is 0 Å². The second-order valence-corrected chi connectivity index (χ2v) is 9.32. The van der Waals surface area contributed by atoms with Crippen molar-refractivity contribution in [3.63, 3.8) is 0 Å². The third kappa shape index (κ3) is 5.54. The van der Waals surface area contributed by atoms with Gasteiger partial charge in [0.2, 0.25) is 5.95 Å². The number of piperazine rings is 1. The van der Waals surface area contributed by atoms with Crippen molar-refractivity contribution >= 4 is 40.0 Å². The fourth-order valence-electron chi connectivity index (χ4n) is 4.22. The first-order chi connectivity index (χ1) is 18.2. The fraction of sp³-hybridized carbons (Fsp3) is 0.308. The van der Waals surface area contributed by atoms with Gasteiger partial charge in [-0.2, -0.15) is 18.2 Å². The molecule has 4 N–H and O–H groups in total. The molecule has 1 saturated heterocycles. The zero-order valence-electron chi connectivity index (χ0n) is 21.0. The topological polar surface area (TPSA) is 108 Å². The van der Waals surface area contributed by atoms with Gasteiger partial charge >= 0.3 is 6.18 Å². The van der Waals surface area contributed by atoms with Crippen molar-refractivity contribution in [2.45, 2.75) is 19.6 Å². The number of anilines is 5. The number of rotatable bonds is 6. The summed E-state index contributed by atoms with van der Waals surface area (Å²) in [6.45, 7) is 5.80. The minimum absolute atomic E-state index is 0.292. The number of aromatic nitrogens is 4. The summed E-state index contributed by atoms with van der Waals surface area (Å²) in [5.74, 6) is 1.35. The molecule has 38 heavy (non-hydrogen) atoms. The molecule has 1 aliphatic rings. The summed E-state index contributed by atoms with van der Waals surface area (Å²) < 4.78 is 38.5. The van der Waals surface area contributed by atoms with Crippen LogP contribution in [0.4, 0.5) is 42.1 Å². The lowest BCUT2D eigenvalue weighted by molar-refractivity contribution is -0.137. The van der Waals surface area contributed by atoms with Gasteiger partial charge in [0, 0.05) is 44.1 Å². The summed E-state index contributed by atoms with van der Waals surface area (Å²) in [4.78, 5) is 22.3. The lowest BCUT2D eigenvalue weighted by Crippen LogP contribution is -2.45. The van der Waals surface area contributed by atoms with Crippen LogP contribution >= 0.6 is 0 Å². The molecule has 3 heterocycles. The Morgan fingerprint density at radius 1 is 0.947 bits per heavy atom. The van der Waals surface area contributed by atoms with Gasteiger partial charge in [0.15, 0.2) is 11.6 Å². The Balaban J connectivity index is 1.37. The number of nitrogens with two attached hydrogens (primary N) is 1. The summed E-state index contributed by atoms with van der Waals surface area (Å²) in [5.41, 5.74) is 9.91. The Morgan fingerprint density at radius 2 is 1.68 bits per heavy atom. The van der Waals surface area contributed by atoms with Crippen LogP contribution in [0.5, 0.6) is 0 Å². The Morgan fingerprint density at radius 3 is 2.39 bits per heavy atom. The highest BCUT2D eigenvalue weighted by atomic mass is 19.4. The van der Waals surface area contributed by atoms with E-state index in [9.17, 15) is 13.2 Å². The molecule has 0 radical (unpaired) electrons. The van der Waals surface area contributed by atoms with E-state index >= 15 is 0 Å². The summed E-state index contributed by atoms with van der Waals surface area (Å²) in [6, 6.07) is 10.9. The van der Waals surface area contributed by atoms with E-state index in [1.807, 2.05) is 25.1 Å². The number of halogens is 3. The SMILES string of the molecule is Cc1ccc(CNc2ccc(C(F)(F)F)cc2)cc1Nc1ncnc2c(N)nc(N3CCN(C)CC3)nc12. The highest BCUT2D eigenvalue weighted by molar-refractivity contribution is 5.93. The fourth-order valence-corrected chi connectivity index (χ4v) is 4.22. The predicted octanol–water partition coefficient (Wildman–Crippen LogP) is 4.44. The number of fused-ring (bicyclic) bond motifs is 1. The van der Waals surface area contributed by atoms with Crippen molar-refractivity contribution in [1.82, 2.24) is 24.8 Å². The van der Waals surface area contributed by atoms with E-state index in [2.05, 4.69) is 42.4 Å². The molecule has 5 rings (SSSR count). The molecule has 0 aliphatic carbocycles. The normalized spacial score (nSPS) is 14.6. The largest absolute Gasteiger partial charge is 0.416 e. The van der Waals surface area contributed by atoms with E-state index in [-0.39, 0.29) is 0 Å². The van der Waals surface area contributed by atoms with Crippen molar-refractivity contribution in [1.29, 1.82) is 0 Å². The van der Waals surface area contributed by atoms with Crippen LogP contribution < -0.4 is 21.3 Å². The summed E-state index contributed by atoms with van der Waals surface area (Å²) in [7, 11) is 2.08. The van der Waals surface area contributed by atoms with E-state index in [4.69, 9.17) is 10.7 Å². The Kier molecular flexibility index (Phi) is 6.89. The molecule has 12 heteroatoms. The maximum Gasteiger partial charge on any atom is 0.416 e. The van der Waals surface area contributed by atoms with E-state index in [1.54, 1.807) is 0 Å². The van der Waals surface area contributed by atoms with E-state index in [0.717, 1.165) is 55.1 Å². The van der Waals surface area contributed by atoms with Gasteiger partial charge in [-0.1, -0.05) is 12.1 Å². The van der Waals surface area contributed by atoms with E-state index in [1.165, 1.54) is 18.5 Å². The van der Waals surface area contributed by atoms with Gasteiger partial charge in [-0.05, 0) is 55.4 Å². The van der Waals surface area contributed by atoms with Gasteiger partial charge in [-0.3, -0.25) is 0 Å². The average molecular weight is 524 g/mol. The maximum absolute atomic E-state index is 12.8. The lowest BCUT2D eigenvalue weighted by atomic mass is 10.1. The monoisotopic (exact) mass is 523 g/mol. The number of likely N-dealkylation sites (N-methyl/N-ethyl adjacent to an activating group) is 1. The lowest BCUT2D eigenvalue weighted by Gasteiger charge is -2.32. The standard InChI is InChI=1S/C26H28F3N9/c1-16-3-4-17(14-31-19-7-5-18(6-8-19)26(27,28)29)13-20(16)34-24-22-21(32-15-33-24)23(30)36-25(35-22)38-11-9-37(2)10-12-38/h3-8,13,15,31H,9-12,14H2,1-2H3,(H2,30,35,36)(H,32,33,34). The number of hydrogen-bond acceptors (Lipinski definition) is 9. The van der Waals surface area contributed by atoms with E-state index in [0.29, 0.717) is 40.8 Å². The number of nitrogens with one attached hydrogen (secondary N) is 2. The highest BCUT2D eigenvalue weighted by Gasteiger charge is 2.30. The molecule has 0 saturated carbocycles. The second-order valence-electron chi connectivity index (χ2n) is 9.32. The van der Waals surface area contributed by atoms with Gasteiger partial charge in [0.1, 0.15) is 17.4 Å². The molecule has 1 fully saturated rings. The molecule has 0 atom stereocenters. The summed E-state index contributed by atoms with van der Waals surface area (Å²) in [6.07, 6.45) is -2.94. The average Bonchev–Trinajstić information content (AvgIpc) is 2.89. The zero-order valence-corrected chi connectivity index (χ0v) is 21.0. The minimum Gasteiger partial charge on any atom is -0.382 e. The van der Waals surface area contributed by atoms with Gasteiger partial charge in [0.25, 0.3) is 0 Å². The molecule has 2 aromatic heterocycles. The third-order valence-electron chi connectivity index (χ3n) is 6.55. The van der Waals surface area contributed by atoms with Crippen molar-refractivity contribution in [2.75, 3.05) is 54.5 Å². The molecule has 0 spiro atoms. The third-order valence-corrected chi connectivity index (χ3v) is 6.55. The molecular formula is C26H28F3N9. The molecule has 0 unspecified atom stereocenters. The number of benzene rings is 2. The van der Waals surface area contributed by atoms with Crippen LogP contribution in [-0.4, -0.2) is 58.1 Å². The smallest absolute Gasteiger partial charge is 0.382 e. The summed E-state index contributed by atoms with van der Waals surface area (Å²) in [5, 5.41) is 6.53. The first-order valence-corrected chi connectivity index (χ1v) is 12.2. The molecule has 4 aromatic rings. The van der Waals surface area contributed by atoms with Crippen LogP contribution in [0.3, 0.4) is 0 Å². The maximum atomic E-state index is 12.8. The molecule has 2 aromatic carbocycles. The number of nitrogens with zero attached hydrogens (tertiary/aromatic N) is 6. The van der Waals surface area contributed by atoms with Crippen molar-refractivity contribution < 1.29 is 13.2 Å². The quantitative estimate of drug-likeness (QED) is 0.338. The minimum atomic E-state index is -4.36. The zero-order chi connectivity index (χ0) is 26.9. The van der Waals surface area contributed by atoms with Crippen molar-refractivity contribution in [3.8, 4) is 0 Å². The molecule has 1 aliphatic heterocycles. The van der Waals surface area contributed by atoms with Crippen LogP contribution in [0, 0.1) is 6.92 Å². The van der Waals surface area contributed by atoms with Crippen LogP contribution in [-0.2, 0) is 12.7 Å². The Labute approximate surface area is 217 Å². The van der Waals surface area contributed by atoms with Crippen LogP contribution in [0.25, 0.3) is 11.0 Å². The van der Waals surface area contributed by atoms with Crippen LogP contribution in [0.2, 0.25) is 0 Å². The van der Waals surface area contributed by atoms with Crippen molar-refractivity contribution in [3.05, 3.63) is 65.5 Å². The first-order valence-electron chi connectivity index (χ1n) is 12.2. The molecule has 0 bridgehead atoms. The first kappa shape index (κ1) is 25.5. The van der Waals surface area contributed by atoms with Gasteiger partial charge in [-0.15, -0.1) is 0 Å². The van der Waals surface area contributed by atoms with Gasteiger partial charge < -0.3 is 26.2 Å². The highest BCUT2D eigenvalue weighted by Crippen LogP contribution is 2.31. The van der Waals surface area contributed by atoms with Crippen LogP contribution in [0.15, 0.2) is 48.8 Å². The van der Waals surface area contributed by atoms with Gasteiger partial charge in [-0.25, -0.2) is 15.0 Å². The molecule has 9 nitrogen and oxygen atoms in total. The summed E-state index contributed by atoms with van der Waals surface area (Å²) >= 11 is 0. The number of aryl methyl sites for hydroxylation is 1. The Bertz CT molecular complexity index is 1430. The predicted molar refractivity (Wildman–Crippen MR) is 142 cm³/mol. The second kappa shape index (κ2) is 10.3. The number of nitrogen functional groups attached to an aromatic ring is 1. The molecule has 198 valence electrons. The number of hydrogen-bond donors (Lipinski definition) is 3. The van der Waals surface area contributed by atoms with Crippen LogP contribution in [0.1, 0.15) is 16.7 Å². The molecular weight excluding hydrogens is 495 g/mol. The number of alkyl halides is 3. The van der Waals surface area contributed by atoms with Gasteiger partial charge in [0.05, 0.1) is 5.56 Å². The van der Waals surface area contributed by atoms with E-state index < -0.39 is 11.7 Å².